The van der Waals surface area contributed by atoms with Gasteiger partial charge in [-0.2, -0.15) is 0 Å². The van der Waals surface area contributed by atoms with Crippen LogP contribution in [0.5, 0.6) is 0 Å². The largest absolute Gasteiger partial charge is 0.383 e. The quantitative estimate of drug-likeness (QED) is 0.831. The molecule has 1 rings (SSSR count). The lowest BCUT2D eigenvalue weighted by Gasteiger charge is -2.15. The van der Waals surface area contributed by atoms with Crippen LogP contribution in [0.2, 0.25) is 5.02 Å². The molecule has 0 bridgehead atoms. The summed E-state index contributed by atoms with van der Waals surface area (Å²) in [5, 5.41) is 3.03. The molecule has 8 heteroatoms. The molecule has 1 aromatic rings. The highest BCUT2D eigenvalue weighted by Gasteiger charge is 2.16. The van der Waals surface area contributed by atoms with Crippen molar-refractivity contribution in [3.8, 4) is 0 Å². The number of sulfonamides is 1. The van der Waals surface area contributed by atoms with Crippen LogP contribution in [0.25, 0.3) is 0 Å². The summed E-state index contributed by atoms with van der Waals surface area (Å²) in [6, 6.07) is 4.14. The number of rotatable bonds is 6. The van der Waals surface area contributed by atoms with Crippen molar-refractivity contribution in [3.05, 3.63) is 28.8 Å². The number of methoxy groups -OCH3 is 1. The molecule has 112 valence electrons. The molecule has 6 nitrogen and oxygen atoms in total. The van der Waals surface area contributed by atoms with Gasteiger partial charge < -0.3 is 10.1 Å². The average Bonchev–Trinajstić information content (AvgIpc) is 2.29. The first-order valence-electron chi connectivity index (χ1n) is 5.80. The van der Waals surface area contributed by atoms with Gasteiger partial charge in [0, 0.05) is 18.2 Å². The Kier molecular flexibility index (Phi) is 5.79. The fourth-order valence-electron chi connectivity index (χ4n) is 1.59. The zero-order valence-electron chi connectivity index (χ0n) is 11.4. The lowest BCUT2D eigenvalue weighted by atomic mass is 10.1. The maximum Gasteiger partial charge on any atom is 0.253 e. The Morgan fingerprint density at radius 2 is 2.10 bits per heavy atom. The van der Waals surface area contributed by atoms with Gasteiger partial charge in [0.2, 0.25) is 10.0 Å². The normalized spacial score (nSPS) is 12.8. The van der Waals surface area contributed by atoms with E-state index >= 15 is 0 Å². The number of carbonyl (C=O) groups excluding carboxylic acids is 1. The third-order valence-corrected chi connectivity index (χ3v) is 3.14. The van der Waals surface area contributed by atoms with Crippen molar-refractivity contribution in [3.63, 3.8) is 0 Å². The molecule has 1 aromatic carbocycles. The predicted octanol–water partition coefficient (Wildman–Crippen LogP) is 1.48. The highest BCUT2D eigenvalue weighted by molar-refractivity contribution is 7.92. The number of amides is 1. The summed E-state index contributed by atoms with van der Waals surface area (Å²) < 4.78 is 29.8. The van der Waals surface area contributed by atoms with Crippen molar-refractivity contribution >= 4 is 33.2 Å². The van der Waals surface area contributed by atoms with Gasteiger partial charge in [-0.3, -0.25) is 9.52 Å². The van der Waals surface area contributed by atoms with Crippen molar-refractivity contribution in [2.24, 2.45) is 0 Å². The molecule has 2 N–H and O–H groups in total. The van der Waals surface area contributed by atoms with Crippen LogP contribution in [0.3, 0.4) is 0 Å². The molecule has 0 saturated heterocycles. The van der Waals surface area contributed by atoms with Crippen LogP contribution >= 0.6 is 11.6 Å². The summed E-state index contributed by atoms with van der Waals surface area (Å²) in [5.74, 6) is -0.428. The van der Waals surface area contributed by atoms with Crippen LogP contribution < -0.4 is 10.0 Å². The zero-order valence-corrected chi connectivity index (χ0v) is 13.0. The molecule has 0 unspecified atom stereocenters. The fraction of sp³-hybridized carbons (Fsp3) is 0.417. The lowest BCUT2D eigenvalue weighted by molar-refractivity contribution is 0.0906. The van der Waals surface area contributed by atoms with Crippen molar-refractivity contribution in [1.29, 1.82) is 0 Å². The van der Waals surface area contributed by atoms with Crippen LogP contribution in [0.15, 0.2) is 18.2 Å². The molecular weight excluding hydrogens is 304 g/mol. The molecule has 0 fully saturated rings. The van der Waals surface area contributed by atoms with Gasteiger partial charge in [-0.1, -0.05) is 11.6 Å². The Bertz CT molecular complexity index is 589. The first-order chi connectivity index (χ1) is 9.23. The Balaban J connectivity index is 3.02. The molecule has 0 aliphatic heterocycles. The van der Waals surface area contributed by atoms with E-state index in [0.717, 1.165) is 6.26 Å². The van der Waals surface area contributed by atoms with Gasteiger partial charge in [-0.15, -0.1) is 0 Å². The second kappa shape index (κ2) is 6.92. The number of benzene rings is 1. The highest BCUT2D eigenvalue weighted by atomic mass is 35.5. The van der Waals surface area contributed by atoms with Gasteiger partial charge in [0.25, 0.3) is 5.91 Å². The maximum absolute atomic E-state index is 12.1. The minimum Gasteiger partial charge on any atom is -0.383 e. The zero-order chi connectivity index (χ0) is 15.3. The minimum absolute atomic E-state index is 0.158. The standard InChI is InChI=1S/C12H17ClN2O4S/c1-8(7-19-2)14-12(16)10-6-9(13)4-5-11(10)15-20(3,17)18/h4-6,8,15H,7H2,1-3H3,(H,14,16)/t8-/m1/s1. The first-order valence-corrected chi connectivity index (χ1v) is 8.07. The molecule has 0 radical (unpaired) electrons. The summed E-state index contributed by atoms with van der Waals surface area (Å²) in [6.45, 7) is 2.12. The smallest absolute Gasteiger partial charge is 0.253 e. The van der Waals surface area contributed by atoms with E-state index in [0.29, 0.717) is 11.6 Å². The second-order valence-corrected chi connectivity index (χ2v) is 6.58. The monoisotopic (exact) mass is 320 g/mol. The van der Waals surface area contributed by atoms with Crippen LogP contribution in [-0.4, -0.2) is 40.3 Å². The van der Waals surface area contributed by atoms with Gasteiger partial charge in [-0.25, -0.2) is 8.42 Å². The number of ether oxygens (including phenoxy) is 1. The number of nitrogens with one attached hydrogen (secondary N) is 2. The summed E-state index contributed by atoms with van der Waals surface area (Å²) in [6.07, 6.45) is 1.01. The molecule has 0 heterocycles. The summed E-state index contributed by atoms with van der Waals surface area (Å²) in [7, 11) is -1.96. The lowest BCUT2D eigenvalue weighted by Crippen LogP contribution is -2.36. The Labute approximate surface area is 123 Å². The molecule has 0 aliphatic rings. The van der Waals surface area contributed by atoms with E-state index in [-0.39, 0.29) is 17.3 Å². The average molecular weight is 321 g/mol. The van der Waals surface area contributed by atoms with E-state index in [1.807, 2.05) is 0 Å². The first kappa shape index (κ1) is 16.7. The van der Waals surface area contributed by atoms with Crippen LogP contribution in [-0.2, 0) is 14.8 Å². The number of anilines is 1. The van der Waals surface area contributed by atoms with Gasteiger partial charge in [-0.05, 0) is 25.1 Å². The summed E-state index contributed by atoms with van der Waals surface area (Å²) >= 11 is 5.85. The topological polar surface area (TPSA) is 84.5 Å². The SMILES string of the molecule is COC[C@@H](C)NC(=O)c1cc(Cl)ccc1NS(C)(=O)=O. The van der Waals surface area contributed by atoms with Gasteiger partial charge in [0.1, 0.15) is 0 Å². The molecule has 20 heavy (non-hydrogen) atoms. The fourth-order valence-corrected chi connectivity index (χ4v) is 2.34. The third-order valence-electron chi connectivity index (χ3n) is 2.32. The van der Waals surface area contributed by atoms with Crippen LogP contribution in [0.1, 0.15) is 17.3 Å². The second-order valence-electron chi connectivity index (χ2n) is 4.39. The van der Waals surface area contributed by atoms with Crippen LogP contribution in [0.4, 0.5) is 5.69 Å². The molecule has 1 amide bonds. The van der Waals surface area contributed by atoms with Gasteiger partial charge in [0.05, 0.1) is 24.1 Å². The molecular formula is C12H17ClN2O4S. The summed E-state index contributed by atoms with van der Waals surface area (Å²) in [5.41, 5.74) is 0.338. The highest BCUT2D eigenvalue weighted by Crippen LogP contribution is 2.21. The van der Waals surface area contributed by atoms with E-state index in [1.54, 1.807) is 6.92 Å². The van der Waals surface area contributed by atoms with E-state index in [1.165, 1.54) is 25.3 Å². The summed E-state index contributed by atoms with van der Waals surface area (Å²) in [4.78, 5) is 12.1. The van der Waals surface area contributed by atoms with E-state index in [4.69, 9.17) is 16.3 Å². The number of hydrogen-bond acceptors (Lipinski definition) is 4. The molecule has 0 aliphatic carbocycles. The van der Waals surface area contributed by atoms with Crippen LogP contribution in [0, 0.1) is 0 Å². The Morgan fingerprint density at radius 1 is 1.45 bits per heavy atom. The molecule has 1 atom stereocenters. The predicted molar refractivity (Wildman–Crippen MR) is 78.7 cm³/mol. The Morgan fingerprint density at radius 3 is 2.65 bits per heavy atom. The van der Waals surface area contributed by atoms with E-state index in [2.05, 4.69) is 10.0 Å². The van der Waals surface area contributed by atoms with Crippen molar-refractivity contribution in [2.75, 3.05) is 24.7 Å². The minimum atomic E-state index is -3.48. The number of halogens is 1. The number of carbonyl (C=O) groups is 1. The van der Waals surface area contributed by atoms with Gasteiger partial charge in [0.15, 0.2) is 0 Å². The molecule has 0 spiro atoms. The van der Waals surface area contributed by atoms with Crippen molar-refractivity contribution in [2.45, 2.75) is 13.0 Å². The number of hydrogen-bond donors (Lipinski definition) is 2. The van der Waals surface area contributed by atoms with E-state index in [9.17, 15) is 13.2 Å². The van der Waals surface area contributed by atoms with Crippen molar-refractivity contribution < 1.29 is 17.9 Å². The molecule has 0 saturated carbocycles. The van der Waals surface area contributed by atoms with E-state index < -0.39 is 15.9 Å². The van der Waals surface area contributed by atoms with Gasteiger partial charge >= 0.3 is 0 Å². The Hall–Kier alpha value is -1.31. The maximum atomic E-state index is 12.1. The van der Waals surface area contributed by atoms with Crippen molar-refractivity contribution in [1.82, 2.24) is 5.32 Å². The molecule has 0 aromatic heterocycles. The third kappa shape index (κ3) is 5.36.